The molecule has 1 fully saturated rings. The molecule has 1 aliphatic heterocycles. The van der Waals surface area contributed by atoms with E-state index in [1.54, 1.807) is 21.7 Å². The molecule has 6 heteroatoms. The van der Waals surface area contributed by atoms with Crippen molar-refractivity contribution in [1.82, 2.24) is 9.88 Å². The second kappa shape index (κ2) is 5.20. The van der Waals surface area contributed by atoms with Crippen LogP contribution in [0.5, 0.6) is 0 Å². The van der Waals surface area contributed by atoms with Gasteiger partial charge in [0.05, 0.1) is 21.6 Å². The molecule has 2 aromatic rings. The number of hydrogen-bond acceptors (Lipinski definition) is 4. The van der Waals surface area contributed by atoms with Crippen molar-refractivity contribution in [3.05, 3.63) is 23.7 Å². The van der Waals surface area contributed by atoms with Gasteiger partial charge in [0.25, 0.3) is 0 Å². The van der Waals surface area contributed by atoms with Gasteiger partial charge in [0.2, 0.25) is 11.8 Å². The topological polar surface area (TPSA) is 62.3 Å². The number of carbonyl (C=O) groups excluding carboxylic acids is 2. The zero-order chi connectivity index (χ0) is 14.1. The maximum absolute atomic E-state index is 12.2. The van der Waals surface area contributed by atoms with Crippen molar-refractivity contribution < 1.29 is 9.59 Å². The van der Waals surface area contributed by atoms with Gasteiger partial charge < -0.3 is 10.2 Å². The van der Waals surface area contributed by atoms with E-state index in [1.165, 1.54) is 0 Å². The summed E-state index contributed by atoms with van der Waals surface area (Å²) in [5, 5.41) is 2.88. The Morgan fingerprint density at radius 3 is 3.15 bits per heavy atom. The van der Waals surface area contributed by atoms with E-state index in [0.29, 0.717) is 19.5 Å². The monoisotopic (exact) mass is 289 g/mol. The lowest BCUT2D eigenvalue weighted by atomic mass is 10.1. The van der Waals surface area contributed by atoms with E-state index in [1.807, 2.05) is 25.1 Å². The Morgan fingerprint density at radius 1 is 1.55 bits per heavy atom. The fraction of sp³-hybridized carbons (Fsp3) is 0.357. The van der Waals surface area contributed by atoms with Gasteiger partial charge in [-0.1, -0.05) is 0 Å². The number of carbonyl (C=O) groups is 2. The first-order valence-electron chi connectivity index (χ1n) is 6.59. The van der Waals surface area contributed by atoms with Crippen LogP contribution in [0.15, 0.2) is 23.7 Å². The molecular weight excluding hydrogens is 274 g/mol. The van der Waals surface area contributed by atoms with E-state index in [0.717, 1.165) is 15.9 Å². The third-order valence-corrected chi connectivity index (χ3v) is 4.37. The standard InChI is InChI=1S/C14H15N3O2S/c1-2-17-7-9(5-13(17)18)14(19)16-10-3-4-12-11(6-10)15-8-20-12/h3-4,6,8-9H,2,5,7H2,1H3,(H,16,19). The summed E-state index contributed by atoms with van der Waals surface area (Å²) in [4.78, 5) is 29.8. The molecule has 1 aromatic heterocycles. The molecule has 1 aliphatic rings. The van der Waals surface area contributed by atoms with Crippen LogP contribution in [0.3, 0.4) is 0 Å². The lowest BCUT2D eigenvalue weighted by Gasteiger charge is -2.13. The molecule has 5 nitrogen and oxygen atoms in total. The Balaban J connectivity index is 1.71. The van der Waals surface area contributed by atoms with Crippen LogP contribution in [0.4, 0.5) is 5.69 Å². The molecule has 1 unspecified atom stereocenters. The summed E-state index contributed by atoms with van der Waals surface area (Å²) < 4.78 is 1.09. The van der Waals surface area contributed by atoms with Gasteiger partial charge in [-0.25, -0.2) is 4.98 Å². The minimum Gasteiger partial charge on any atom is -0.342 e. The summed E-state index contributed by atoms with van der Waals surface area (Å²) >= 11 is 1.57. The summed E-state index contributed by atoms with van der Waals surface area (Å²) in [5.41, 5.74) is 3.40. The number of thiazole rings is 1. The lowest BCUT2D eigenvalue weighted by Crippen LogP contribution is -2.28. The van der Waals surface area contributed by atoms with Crippen molar-refractivity contribution in [1.29, 1.82) is 0 Å². The van der Waals surface area contributed by atoms with Gasteiger partial charge in [-0.3, -0.25) is 9.59 Å². The first kappa shape index (κ1) is 13.1. The lowest BCUT2D eigenvalue weighted by molar-refractivity contribution is -0.128. The first-order valence-corrected chi connectivity index (χ1v) is 7.47. The molecule has 2 amide bonds. The molecule has 1 N–H and O–H groups in total. The van der Waals surface area contributed by atoms with Crippen LogP contribution in [-0.4, -0.2) is 34.8 Å². The third-order valence-electron chi connectivity index (χ3n) is 3.56. The van der Waals surface area contributed by atoms with Gasteiger partial charge in [0.15, 0.2) is 0 Å². The molecule has 20 heavy (non-hydrogen) atoms. The zero-order valence-corrected chi connectivity index (χ0v) is 11.9. The predicted octanol–water partition coefficient (Wildman–Crippen LogP) is 2.10. The predicted molar refractivity (Wildman–Crippen MR) is 78.6 cm³/mol. The Kier molecular flexibility index (Phi) is 3.40. The van der Waals surface area contributed by atoms with Crippen molar-refractivity contribution in [3.8, 4) is 0 Å². The first-order chi connectivity index (χ1) is 9.67. The number of rotatable bonds is 3. The van der Waals surface area contributed by atoms with E-state index >= 15 is 0 Å². The second-order valence-electron chi connectivity index (χ2n) is 4.86. The van der Waals surface area contributed by atoms with Gasteiger partial charge in [0.1, 0.15) is 0 Å². The molecule has 0 aliphatic carbocycles. The van der Waals surface area contributed by atoms with Crippen LogP contribution < -0.4 is 5.32 Å². The molecule has 0 spiro atoms. The molecule has 2 heterocycles. The highest BCUT2D eigenvalue weighted by molar-refractivity contribution is 7.16. The highest BCUT2D eigenvalue weighted by Crippen LogP contribution is 2.23. The van der Waals surface area contributed by atoms with Crippen molar-refractivity contribution in [2.24, 2.45) is 5.92 Å². The Labute approximate surface area is 120 Å². The fourth-order valence-electron chi connectivity index (χ4n) is 2.43. The van der Waals surface area contributed by atoms with E-state index in [-0.39, 0.29) is 17.7 Å². The summed E-state index contributed by atoms with van der Waals surface area (Å²) in [6.45, 7) is 3.10. The Morgan fingerprint density at radius 2 is 2.40 bits per heavy atom. The third kappa shape index (κ3) is 2.38. The fourth-order valence-corrected chi connectivity index (χ4v) is 3.09. The maximum atomic E-state index is 12.2. The molecule has 0 saturated carbocycles. The summed E-state index contributed by atoms with van der Waals surface area (Å²) in [6.07, 6.45) is 0.304. The largest absolute Gasteiger partial charge is 0.342 e. The van der Waals surface area contributed by atoms with Crippen LogP contribution >= 0.6 is 11.3 Å². The minimum absolute atomic E-state index is 0.0580. The molecule has 1 atom stereocenters. The number of likely N-dealkylation sites (tertiary alicyclic amines) is 1. The van der Waals surface area contributed by atoms with E-state index < -0.39 is 0 Å². The van der Waals surface area contributed by atoms with Crippen LogP contribution in [-0.2, 0) is 9.59 Å². The van der Waals surface area contributed by atoms with Gasteiger partial charge in [-0.15, -0.1) is 11.3 Å². The van der Waals surface area contributed by atoms with Crippen molar-refractivity contribution in [2.75, 3.05) is 18.4 Å². The van der Waals surface area contributed by atoms with Gasteiger partial charge in [-0.2, -0.15) is 0 Å². The number of benzene rings is 1. The number of aromatic nitrogens is 1. The average Bonchev–Trinajstić information content (AvgIpc) is 3.04. The van der Waals surface area contributed by atoms with Gasteiger partial charge in [0, 0.05) is 25.2 Å². The Hall–Kier alpha value is -1.95. The molecule has 1 aromatic carbocycles. The number of hydrogen-bond donors (Lipinski definition) is 1. The smallest absolute Gasteiger partial charge is 0.229 e. The van der Waals surface area contributed by atoms with Gasteiger partial charge in [-0.05, 0) is 25.1 Å². The normalized spacial score (nSPS) is 18.8. The van der Waals surface area contributed by atoms with Crippen molar-refractivity contribution in [2.45, 2.75) is 13.3 Å². The van der Waals surface area contributed by atoms with Crippen molar-refractivity contribution >= 4 is 39.1 Å². The molecule has 0 bridgehead atoms. The number of fused-ring (bicyclic) bond motifs is 1. The molecule has 104 valence electrons. The number of nitrogens with one attached hydrogen (secondary N) is 1. The molecule has 1 saturated heterocycles. The summed E-state index contributed by atoms with van der Waals surface area (Å²) in [6, 6.07) is 5.67. The van der Waals surface area contributed by atoms with E-state index in [4.69, 9.17) is 0 Å². The number of amides is 2. The van der Waals surface area contributed by atoms with Crippen LogP contribution in [0, 0.1) is 5.92 Å². The average molecular weight is 289 g/mol. The quantitative estimate of drug-likeness (QED) is 0.941. The van der Waals surface area contributed by atoms with Crippen molar-refractivity contribution in [3.63, 3.8) is 0 Å². The molecule has 3 rings (SSSR count). The molecular formula is C14H15N3O2S. The van der Waals surface area contributed by atoms with Crippen LogP contribution in [0.25, 0.3) is 10.2 Å². The highest BCUT2D eigenvalue weighted by atomic mass is 32.1. The van der Waals surface area contributed by atoms with Crippen LogP contribution in [0.1, 0.15) is 13.3 Å². The number of nitrogens with zero attached hydrogens (tertiary/aromatic N) is 2. The summed E-state index contributed by atoms with van der Waals surface area (Å²) in [7, 11) is 0. The van der Waals surface area contributed by atoms with E-state index in [9.17, 15) is 9.59 Å². The Bertz CT molecular complexity index is 667. The van der Waals surface area contributed by atoms with Crippen LogP contribution in [0.2, 0.25) is 0 Å². The summed E-state index contributed by atoms with van der Waals surface area (Å²) in [5.74, 6) is -0.292. The number of anilines is 1. The second-order valence-corrected chi connectivity index (χ2v) is 5.74. The highest BCUT2D eigenvalue weighted by Gasteiger charge is 2.33. The van der Waals surface area contributed by atoms with Gasteiger partial charge >= 0.3 is 0 Å². The van der Waals surface area contributed by atoms with E-state index in [2.05, 4.69) is 10.3 Å². The zero-order valence-electron chi connectivity index (χ0n) is 11.1. The maximum Gasteiger partial charge on any atom is 0.229 e. The minimum atomic E-state index is -0.256. The molecule has 0 radical (unpaired) electrons. The SMILES string of the molecule is CCN1CC(C(=O)Nc2ccc3scnc3c2)CC1=O.